The molecule has 0 bridgehead atoms. The molecule has 0 radical (unpaired) electrons. The van der Waals surface area contributed by atoms with E-state index in [9.17, 15) is 0 Å². The van der Waals surface area contributed by atoms with Crippen molar-refractivity contribution in [2.24, 2.45) is 0 Å². The van der Waals surface area contributed by atoms with Crippen LogP contribution in [0.25, 0.3) is 0 Å². The highest BCUT2D eigenvalue weighted by Crippen LogP contribution is 2.45. The van der Waals surface area contributed by atoms with E-state index < -0.39 is 0 Å². The second kappa shape index (κ2) is 13.2. The summed E-state index contributed by atoms with van der Waals surface area (Å²) in [4.78, 5) is 2.35. The third kappa shape index (κ3) is 8.77. The van der Waals surface area contributed by atoms with E-state index in [0.717, 1.165) is 19.6 Å². The average Bonchev–Trinajstić information content (AvgIpc) is 2.45. The summed E-state index contributed by atoms with van der Waals surface area (Å²) in [6.07, 6.45) is 2.37. The zero-order chi connectivity index (χ0) is 15.9. The second-order valence-corrected chi connectivity index (χ2v) is 12.0. The Balaban J connectivity index is 0. The molecule has 23 heavy (non-hydrogen) atoms. The molecule has 136 valence electrons. The molecule has 0 spiro atoms. The van der Waals surface area contributed by atoms with Crippen molar-refractivity contribution in [1.82, 2.24) is 5.32 Å². The molecule has 1 N–H and O–H groups in total. The molecule has 0 aliphatic carbocycles. The molecule has 0 amide bonds. The Hall–Kier alpha value is 1.00. The van der Waals surface area contributed by atoms with Crippen LogP contribution >= 0.6 is 72.6 Å². The summed E-state index contributed by atoms with van der Waals surface area (Å²) in [6, 6.07) is 8.98. The highest BCUT2D eigenvalue weighted by atomic mass is 80.0. The van der Waals surface area contributed by atoms with Gasteiger partial charge in [-0.25, -0.2) is 0 Å². The highest BCUT2D eigenvalue weighted by molar-refractivity contribution is 9.39. The maximum atomic E-state index is 3.67. The smallest absolute Gasteiger partial charge is 0.154 e. The summed E-state index contributed by atoms with van der Waals surface area (Å²) >= 11 is 11.0. The lowest BCUT2D eigenvalue weighted by Gasteiger charge is -2.28. The van der Waals surface area contributed by atoms with Crippen molar-refractivity contribution in [2.75, 3.05) is 24.5 Å². The number of alkyl halides is 3. The van der Waals surface area contributed by atoms with E-state index in [0.29, 0.717) is 0 Å². The Morgan fingerprint density at radius 1 is 1.00 bits per heavy atom. The van der Waals surface area contributed by atoms with Gasteiger partial charge in [0, 0.05) is 18.8 Å². The van der Waals surface area contributed by atoms with Gasteiger partial charge in [-0.05, 0) is 44.5 Å². The highest BCUT2D eigenvalue weighted by Gasteiger charge is 2.31. The van der Waals surface area contributed by atoms with Crippen LogP contribution in [0.1, 0.15) is 45.2 Å². The quantitative estimate of drug-likeness (QED) is 0.284. The molecule has 1 atom stereocenters. The zero-order valence-electron chi connectivity index (χ0n) is 13.8. The van der Waals surface area contributed by atoms with Crippen molar-refractivity contribution < 1.29 is 0 Å². The van der Waals surface area contributed by atoms with Crippen LogP contribution in [-0.2, 0) is 0 Å². The predicted molar refractivity (Wildman–Crippen MR) is 120 cm³/mol. The van der Waals surface area contributed by atoms with Gasteiger partial charge in [-0.3, -0.25) is 0 Å². The first-order valence-corrected chi connectivity index (χ1v) is 9.96. The Labute approximate surface area is 178 Å². The molecule has 0 aliphatic heterocycles. The second-order valence-electron chi connectivity index (χ2n) is 5.05. The monoisotopic (exact) mass is 554 g/mol. The van der Waals surface area contributed by atoms with Crippen LogP contribution in [-0.4, -0.2) is 21.8 Å². The molecule has 1 unspecified atom stereocenters. The van der Waals surface area contributed by atoms with Crippen LogP contribution in [0.15, 0.2) is 24.3 Å². The van der Waals surface area contributed by atoms with Gasteiger partial charge in [0.1, 0.15) is 0 Å². The minimum Gasteiger partial charge on any atom is -0.372 e. The van der Waals surface area contributed by atoms with Gasteiger partial charge in [0.15, 0.2) is 2.14 Å². The van der Waals surface area contributed by atoms with Crippen LogP contribution in [0, 0.1) is 0 Å². The van der Waals surface area contributed by atoms with E-state index >= 15 is 0 Å². The van der Waals surface area contributed by atoms with Crippen molar-refractivity contribution in [2.45, 2.75) is 41.8 Å². The average molecular weight is 558 g/mol. The number of unbranched alkanes of at least 4 members (excludes halogenated alkanes) is 1. The largest absolute Gasteiger partial charge is 0.372 e. The number of nitrogens with zero attached hydrogens (tertiary/aromatic N) is 1. The normalized spacial score (nSPS) is 12.1. The predicted octanol–water partition coefficient (Wildman–Crippen LogP) is 6.65. The maximum absolute atomic E-state index is 3.67. The third-order valence-corrected chi connectivity index (χ3v) is 4.93. The zero-order valence-corrected chi connectivity index (χ0v) is 20.2. The van der Waals surface area contributed by atoms with Crippen molar-refractivity contribution >= 4 is 78.3 Å². The van der Waals surface area contributed by atoms with Crippen molar-refractivity contribution in [3.8, 4) is 0 Å². The minimum atomic E-state index is -0.336. The van der Waals surface area contributed by atoms with E-state index in [4.69, 9.17) is 0 Å². The lowest BCUT2D eigenvalue weighted by atomic mass is 10.1. The van der Waals surface area contributed by atoms with Gasteiger partial charge < -0.3 is 10.2 Å². The molecule has 0 fully saturated rings. The molecule has 7 heteroatoms. The fourth-order valence-electron chi connectivity index (χ4n) is 2.31. The van der Waals surface area contributed by atoms with Gasteiger partial charge in [0.25, 0.3) is 0 Å². The lowest BCUT2D eigenvalue weighted by Crippen LogP contribution is -2.31. The van der Waals surface area contributed by atoms with Gasteiger partial charge in [0.2, 0.25) is 0 Å². The van der Waals surface area contributed by atoms with Crippen molar-refractivity contribution in [1.29, 1.82) is 0 Å². The summed E-state index contributed by atoms with van der Waals surface area (Å²) < 4.78 is -0.336. The van der Waals surface area contributed by atoms with Gasteiger partial charge in [-0.1, -0.05) is 73.3 Å². The summed E-state index contributed by atoms with van der Waals surface area (Å²) in [7, 11) is 0. The van der Waals surface area contributed by atoms with Gasteiger partial charge in [0.05, 0.1) is 6.04 Å². The topological polar surface area (TPSA) is 15.3 Å². The van der Waals surface area contributed by atoms with Gasteiger partial charge in [-0.15, -0.1) is 24.8 Å². The van der Waals surface area contributed by atoms with Gasteiger partial charge in [-0.2, -0.15) is 0 Å². The number of rotatable bonds is 8. The number of hydrogen-bond donors (Lipinski definition) is 1. The van der Waals surface area contributed by atoms with Crippen LogP contribution in [0.3, 0.4) is 0 Å². The SMILES string of the molecule is CCCCNC(c1ccc(N(CC)CC)cc1)C(Br)(Br)Br.Cl.Cl. The van der Waals surface area contributed by atoms with E-state index in [1.807, 2.05) is 0 Å². The lowest BCUT2D eigenvalue weighted by molar-refractivity contribution is 0.545. The first-order valence-electron chi connectivity index (χ1n) is 7.59. The molecule has 1 aromatic carbocycles. The summed E-state index contributed by atoms with van der Waals surface area (Å²) in [5.41, 5.74) is 2.54. The molecule has 0 aliphatic rings. The minimum absolute atomic E-state index is 0. The van der Waals surface area contributed by atoms with Crippen LogP contribution in [0.5, 0.6) is 0 Å². The molecule has 0 heterocycles. The van der Waals surface area contributed by atoms with Crippen molar-refractivity contribution in [3.05, 3.63) is 29.8 Å². The Morgan fingerprint density at radius 2 is 1.52 bits per heavy atom. The molecule has 0 saturated carbocycles. The Bertz CT molecular complexity index is 407. The van der Waals surface area contributed by atoms with E-state index in [1.54, 1.807) is 0 Å². The summed E-state index contributed by atoms with van der Waals surface area (Å²) in [5.74, 6) is 0. The standard InChI is InChI=1S/C16H25Br3N2.2ClH/c1-4-7-12-20-15(16(17,18)19)13-8-10-14(11-9-13)21(5-2)6-3;;/h8-11,15,20H,4-7,12H2,1-3H3;2*1H. The third-order valence-electron chi connectivity index (χ3n) is 3.56. The first kappa shape index (κ1) is 26.2. The molecule has 1 aromatic rings. The Kier molecular flexibility index (Phi) is 15.1. The number of nitrogens with one attached hydrogen (secondary N) is 1. The molecule has 1 rings (SSSR count). The first-order chi connectivity index (χ1) is 9.93. The van der Waals surface area contributed by atoms with E-state index in [2.05, 4.69) is 103 Å². The maximum Gasteiger partial charge on any atom is 0.154 e. The molecule has 2 nitrogen and oxygen atoms in total. The summed E-state index contributed by atoms with van der Waals surface area (Å²) in [6.45, 7) is 9.66. The van der Waals surface area contributed by atoms with Crippen LogP contribution < -0.4 is 10.2 Å². The van der Waals surface area contributed by atoms with Crippen molar-refractivity contribution in [3.63, 3.8) is 0 Å². The van der Waals surface area contributed by atoms with E-state index in [1.165, 1.54) is 24.1 Å². The fourth-order valence-corrected chi connectivity index (χ4v) is 3.59. The molecular formula is C16H27Br3Cl2N2. The molecular weight excluding hydrogens is 531 g/mol. The number of hydrogen-bond acceptors (Lipinski definition) is 2. The van der Waals surface area contributed by atoms with Crippen LogP contribution in [0.2, 0.25) is 0 Å². The van der Waals surface area contributed by atoms with Gasteiger partial charge >= 0.3 is 0 Å². The molecule has 0 saturated heterocycles. The molecule has 0 aromatic heterocycles. The van der Waals surface area contributed by atoms with E-state index in [-0.39, 0.29) is 33.0 Å². The van der Waals surface area contributed by atoms with Crippen LogP contribution in [0.4, 0.5) is 5.69 Å². The number of halogens is 5. The Morgan fingerprint density at radius 3 is 1.91 bits per heavy atom. The fraction of sp³-hybridized carbons (Fsp3) is 0.625. The number of anilines is 1. The number of benzene rings is 1. The summed E-state index contributed by atoms with van der Waals surface area (Å²) in [5, 5.41) is 3.60.